The molecule has 3 aliphatic rings. The number of hydrogen-bond acceptors (Lipinski definition) is 5. The summed E-state index contributed by atoms with van der Waals surface area (Å²) in [4.78, 5) is 43.6. The highest BCUT2D eigenvalue weighted by Gasteiger charge is 2.35. The van der Waals surface area contributed by atoms with Crippen molar-refractivity contribution in [2.75, 3.05) is 32.7 Å². The average Bonchev–Trinajstić information content (AvgIpc) is 3.02. The molecule has 2 heterocycles. The van der Waals surface area contributed by atoms with Gasteiger partial charge in [0.25, 0.3) is 0 Å². The van der Waals surface area contributed by atoms with Crippen molar-refractivity contribution in [1.29, 1.82) is 0 Å². The van der Waals surface area contributed by atoms with Gasteiger partial charge in [0, 0.05) is 63.7 Å². The smallest absolute Gasteiger partial charge is 0.245 e. The summed E-state index contributed by atoms with van der Waals surface area (Å²) in [5.74, 6) is 0.368. The Balaban J connectivity index is 1.25. The fourth-order valence-electron chi connectivity index (χ4n) is 6.82. The third kappa shape index (κ3) is 7.91. The monoisotopic (exact) mass is 593 g/mol. The van der Waals surface area contributed by atoms with Gasteiger partial charge in [-0.2, -0.15) is 0 Å². The summed E-state index contributed by atoms with van der Waals surface area (Å²) in [5, 5.41) is 10.2. The zero-order valence-corrected chi connectivity index (χ0v) is 25.4. The average molecular weight is 594 g/mol. The number of amides is 3. The Morgan fingerprint density at radius 3 is 2.33 bits per heavy atom. The molecule has 0 aromatic heterocycles. The van der Waals surface area contributed by atoms with Crippen LogP contribution in [0.1, 0.15) is 55.7 Å². The van der Waals surface area contributed by atoms with E-state index in [1.807, 2.05) is 41.3 Å². The van der Waals surface area contributed by atoms with Gasteiger partial charge in [-0.25, -0.2) is 0 Å². The molecule has 2 aromatic rings. The predicted molar refractivity (Wildman–Crippen MR) is 165 cm³/mol. The van der Waals surface area contributed by atoms with Gasteiger partial charge in [-0.05, 0) is 54.0 Å². The van der Waals surface area contributed by atoms with Gasteiger partial charge in [-0.15, -0.1) is 0 Å². The van der Waals surface area contributed by atoms with Gasteiger partial charge in [-0.3, -0.25) is 19.3 Å². The summed E-state index contributed by atoms with van der Waals surface area (Å²) in [6.45, 7) is 5.58. The first-order valence-electron chi connectivity index (χ1n) is 15.5. The van der Waals surface area contributed by atoms with Crippen LogP contribution in [0.2, 0.25) is 5.02 Å². The first-order chi connectivity index (χ1) is 20.4. The molecule has 1 aliphatic carbocycles. The summed E-state index contributed by atoms with van der Waals surface area (Å²) >= 11 is 6.11. The molecule has 2 aromatic carbocycles. The van der Waals surface area contributed by atoms with Crippen molar-refractivity contribution in [2.24, 2.45) is 5.92 Å². The van der Waals surface area contributed by atoms with Crippen LogP contribution in [0.25, 0.3) is 0 Å². The van der Waals surface area contributed by atoms with E-state index in [-0.39, 0.29) is 29.8 Å². The number of carbonyl (C=O) groups is 3. The number of benzene rings is 2. The Bertz CT molecular complexity index is 1220. The van der Waals surface area contributed by atoms with Gasteiger partial charge in [0.05, 0.1) is 6.04 Å². The summed E-state index contributed by atoms with van der Waals surface area (Å²) in [6.07, 6.45) is 7.16. The maximum absolute atomic E-state index is 14.0. The molecule has 1 saturated heterocycles. The molecule has 3 N–H and O–H groups in total. The van der Waals surface area contributed by atoms with E-state index in [1.165, 1.54) is 43.2 Å². The Morgan fingerprint density at radius 2 is 1.64 bits per heavy atom. The molecule has 0 bridgehead atoms. The molecule has 2 fully saturated rings. The first kappa shape index (κ1) is 30.5. The molecule has 8 nitrogen and oxygen atoms in total. The van der Waals surface area contributed by atoms with E-state index in [0.717, 1.165) is 18.7 Å². The Morgan fingerprint density at radius 1 is 0.952 bits per heavy atom. The largest absolute Gasteiger partial charge is 0.355 e. The minimum Gasteiger partial charge on any atom is -0.355 e. The minimum absolute atomic E-state index is 0.00125. The van der Waals surface area contributed by atoms with Crippen molar-refractivity contribution in [3.63, 3.8) is 0 Å². The number of carbonyl (C=O) groups excluding carboxylic acids is 3. The second-order valence-electron chi connectivity index (χ2n) is 12.1. The predicted octanol–water partition coefficient (Wildman–Crippen LogP) is 3.31. The van der Waals surface area contributed by atoms with Crippen LogP contribution in [0.5, 0.6) is 0 Å². The van der Waals surface area contributed by atoms with Crippen molar-refractivity contribution in [3.05, 3.63) is 70.2 Å². The molecule has 0 radical (unpaired) electrons. The van der Waals surface area contributed by atoms with Crippen LogP contribution in [-0.4, -0.2) is 78.4 Å². The number of nitrogens with one attached hydrogen (secondary N) is 3. The van der Waals surface area contributed by atoms with Gasteiger partial charge < -0.3 is 20.9 Å². The van der Waals surface area contributed by atoms with Gasteiger partial charge in [0.1, 0.15) is 6.04 Å². The Kier molecular flexibility index (Phi) is 10.5. The topological polar surface area (TPSA) is 93.8 Å². The number of piperazine rings is 1. The summed E-state index contributed by atoms with van der Waals surface area (Å²) in [5.41, 5.74) is 3.32. The van der Waals surface area contributed by atoms with Crippen LogP contribution >= 0.6 is 11.6 Å². The Hall–Kier alpha value is -2.94. The zero-order valence-electron chi connectivity index (χ0n) is 24.6. The van der Waals surface area contributed by atoms with Gasteiger partial charge in [-0.1, -0.05) is 67.3 Å². The SMILES string of the molecule is CC(=O)NCC(C1CCCCC1)N1CCN(C(=O)[C@@H](Cc2ccc(Cl)cc2)NC(=O)[C@H]2Cc3ccccc3CN2)CC1. The van der Waals surface area contributed by atoms with E-state index in [2.05, 4.69) is 33.0 Å². The maximum atomic E-state index is 14.0. The third-order valence-electron chi connectivity index (χ3n) is 9.21. The lowest BCUT2D eigenvalue weighted by Gasteiger charge is -2.44. The first-order valence-corrected chi connectivity index (χ1v) is 15.9. The molecular weight excluding hydrogens is 550 g/mol. The van der Waals surface area contributed by atoms with Crippen LogP contribution in [0.3, 0.4) is 0 Å². The van der Waals surface area contributed by atoms with E-state index in [1.54, 1.807) is 6.92 Å². The number of nitrogens with zero attached hydrogens (tertiary/aromatic N) is 2. The van der Waals surface area contributed by atoms with Gasteiger partial charge >= 0.3 is 0 Å². The standard InChI is InChI=1S/C33H44ClN5O3/c1-23(40)35-22-31(25-7-3-2-4-8-25)38-15-17-39(18-16-38)33(42)30(19-24-11-13-28(34)14-12-24)37-32(41)29-20-26-9-5-6-10-27(26)21-36-29/h5-6,9-14,25,29-31,36H,2-4,7-8,15-22H2,1H3,(H,35,40)(H,37,41)/t29-,30-,31?/m1/s1. The van der Waals surface area contributed by atoms with E-state index < -0.39 is 6.04 Å². The van der Waals surface area contributed by atoms with Crippen LogP contribution < -0.4 is 16.0 Å². The number of rotatable bonds is 9. The fraction of sp³-hybridized carbons (Fsp3) is 0.545. The molecule has 226 valence electrons. The molecule has 9 heteroatoms. The summed E-state index contributed by atoms with van der Waals surface area (Å²) < 4.78 is 0. The number of hydrogen-bond donors (Lipinski definition) is 3. The van der Waals surface area contributed by atoms with E-state index in [4.69, 9.17) is 11.6 Å². The van der Waals surface area contributed by atoms with Crippen molar-refractivity contribution < 1.29 is 14.4 Å². The molecule has 1 unspecified atom stereocenters. The van der Waals surface area contributed by atoms with Crippen molar-refractivity contribution in [1.82, 2.24) is 25.8 Å². The lowest BCUT2D eigenvalue weighted by molar-refractivity contribution is -0.138. The third-order valence-corrected chi connectivity index (χ3v) is 9.47. The highest BCUT2D eigenvalue weighted by molar-refractivity contribution is 6.30. The fourth-order valence-corrected chi connectivity index (χ4v) is 6.95. The number of halogens is 1. The molecule has 42 heavy (non-hydrogen) atoms. The maximum Gasteiger partial charge on any atom is 0.245 e. The minimum atomic E-state index is -0.669. The molecule has 0 spiro atoms. The molecule has 2 aliphatic heterocycles. The Labute approximate surface area is 254 Å². The van der Waals surface area contributed by atoms with E-state index in [0.29, 0.717) is 50.0 Å². The normalized spacial score (nSPS) is 21.2. The summed E-state index contributed by atoms with van der Waals surface area (Å²) in [6, 6.07) is 14.9. The van der Waals surface area contributed by atoms with E-state index >= 15 is 0 Å². The second kappa shape index (κ2) is 14.5. The quantitative estimate of drug-likeness (QED) is 0.415. The molecule has 3 atom stereocenters. The summed E-state index contributed by atoms with van der Waals surface area (Å²) in [7, 11) is 0. The second-order valence-corrected chi connectivity index (χ2v) is 12.5. The molecular formula is C33H44ClN5O3. The highest BCUT2D eigenvalue weighted by atomic mass is 35.5. The van der Waals surface area contributed by atoms with Gasteiger partial charge in [0.15, 0.2) is 0 Å². The zero-order chi connectivity index (χ0) is 29.5. The van der Waals surface area contributed by atoms with Crippen LogP contribution in [-0.2, 0) is 33.8 Å². The van der Waals surface area contributed by atoms with Crippen LogP contribution in [0.4, 0.5) is 0 Å². The van der Waals surface area contributed by atoms with Crippen molar-refractivity contribution in [3.8, 4) is 0 Å². The lowest BCUT2D eigenvalue weighted by Crippen LogP contribution is -2.60. The molecule has 3 amide bonds. The van der Waals surface area contributed by atoms with Crippen molar-refractivity contribution in [2.45, 2.75) is 76.5 Å². The number of fused-ring (bicyclic) bond motifs is 1. The van der Waals surface area contributed by atoms with E-state index in [9.17, 15) is 14.4 Å². The van der Waals surface area contributed by atoms with Crippen molar-refractivity contribution >= 4 is 29.3 Å². The molecule has 1 saturated carbocycles. The highest BCUT2D eigenvalue weighted by Crippen LogP contribution is 2.29. The van der Waals surface area contributed by atoms with Gasteiger partial charge in [0.2, 0.25) is 17.7 Å². The molecule has 5 rings (SSSR count). The van der Waals surface area contributed by atoms with Crippen LogP contribution in [0, 0.1) is 5.92 Å². The van der Waals surface area contributed by atoms with Crippen LogP contribution in [0.15, 0.2) is 48.5 Å². The lowest BCUT2D eigenvalue weighted by atomic mass is 9.83.